The van der Waals surface area contributed by atoms with Crippen molar-refractivity contribution in [1.29, 1.82) is 0 Å². The van der Waals surface area contributed by atoms with E-state index in [1.807, 2.05) is 17.0 Å². The van der Waals surface area contributed by atoms with Crippen LogP contribution in [0.2, 0.25) is 0 Å². The van der Waals surface area contributed by atoms with Crippen LogP contribution >= 0.6 is 0 Å². The van der Waals surface area contributed by atoms with Gasteiger partial charge in [0.15, 0.2) is 5.78 Å². The van der Waals surface area contributed by atoms with Crippen molar-refractivity contribution >= 4 is 23.5 Å². The minimum Gasteiger partial charge on any atom is -0.497 e. The van der Waals surface area contributed by atoms with Crippen molar-refractivity contribution in [1.82, 2.24) is 20.9 Å². The van der Waals surface area contributed by atoms with E-state index in [0.717, 1.165) is 12.0 Å². The van der Waals surface area contributed by atoms with Crippen LogP contribution in [0, 0.1) is 5.92 Å². The maximum absolute atomic E-state index is 13.7. The summed E-state index contributed by atoms with van der Waals surface area (Å²) in [6.07, 6.45) is 1.42. The van der Waals surface area contributed by atoms with Crippen molar-refractivity contribution in [2.45, 2.75) is 56.8 Å². The maximum Gasteiger partial charge on any atom is 0.243 e. The zero-order valence-electron chi connectivity index (χ0n) is 24.1. The number of nitrogens with one attached hydrogen (secondary N) is 3. The number of hydrogen-bond donors (Lipinski definition) is 3. The fraction of sp³-hybridized carbons (Fsp3) is 0.655. The Kier molecular flexibility index (Phi) is 10.7. The summed E-state index contributed by atoms with van der Waals surface area (Å²) in [7, 11) is 1.57. The molecule has 4 rings (SSSR count). The first-order valence-corrected chi connectivity index (χ1v) is 14.3. The number of methoxy groups -OCH3 is 1. The first-order chi connectivity index (χ1) is 19.7. The molecule has 5 unspecified atom stereocenters. The highest BCUT2D eigenvalue weighted by Crippen LogP contribution is 2.31. The first kappa shape index (κ1) is 30.9. The van der Waals surface area contributed by atoms with Crippen LogP contribution in [0.5, 0.6) is 5.75 Å². The molecular weight excluding hydrogens is 532 g/mol. The summed E-state index contributed by atoms with van der Waals surface area (Å²) in [6.45, 7) is 7.35. The Balaban J connectivity index is 1.43. The van der Waals surface area contributed by atoms with E-state index in [0.29, 0.717) is 58.3 Å². The van der Waals surface area contributed by atoms with E-state index in [-0.39, 0.29) is 30.6 Å². The molecule has 3 heterocycles. The van der Waals surface area contributed by atoms with Crippen molar-refractivity contribution in [2.75, 3.05) is 59.8 Å². The molecule has 3 N–H and O–H groups in total. The van der Waals surface area contributed by atoms with Gasteiger partial charge >= 0.3 is 0 Å². The fourth-order valence-corrected chi connectivity index (χ4v) is 5.04. The third kappa shape index (κ3) is 8.96. The zero-order valence-corrected chi connectivity index (χ0v) is 24.1. The van der Waals surface area contributed by atoms with E-state index in [4.69, 9.17) is 18.9 Å². The van der Waals surface area contributed by atoms with Crippen molar-refractivity contribution in [3.05, 3.63) is 29.8 Å². The molecule has 0 saturated carbocycles. The van der Waals surface area contributed by atoms with Gasteiger partial charge in [0.25, 0.3) is 0 Å². The molecule has 3 aliphatic rings. The molecule has 226 valence electrons. The first-order valence-electron chi connectivity index (χ1n) is 14.3. The molecule has 5 atom stereocenters. The van der Waals surface area contributed by atoms with Gasteiger partial charge in [-0.1, -0.05) is 12.1 Å². The van der Waals surface area contributed by atoms with Gasteiger partial charge in [-0.3, -0.25) is 24.1 Å². The second-order valence-electron chi connectivity index (χ2n) is 11.2. The van der Waals surface area contributed by atoms with Gasteiger partial charge in [0.05, 0.1) is 39.5 Å². The second kappa shape index (κ2) is 14.2. The lowest BCUT2D eigenvalue weighted by molar-refractivity contribution is -0.134. The number of benzene rings is 1. The molecule has 12 heteroatoms. The smallest absolute Gasteiger partial charge is 0.243 e. The van der Waals surface area contributed by atoms with Crippen molar-refractivity contribution in [3.63, 3.8) is 0 Å². The Bertz CT molecular complexity index is 1070. The van der Waals surface area contributed by atoms with E-state index in [9.17, 15) is 19.2 Å². The van der Waals surface area contributed by atoms with Crippen molar-refractivity contribution < 1.29 is 38.1 Å². The Morgan fingerprint density at radius 2 is 1.68 bits per heavy atom. The molecule has 3 fully saturated rings. The highest BCUT2D eigenvalue weighted by molar-refractivity contribution is 5.98. The summed E-state index contributed by atoms with van der Waals surface area (Å²) >= 11 is 0. The van der Waals surface area contributed by atoms with E-state index in [1.54, 1.807) is 33.1 Å². The number of hydrogen-bond acceptors (Lipinski definition) is 9. The largest absolute Gasteiger partial charge is 0.497 e. The molecule has 1 aromatic carbocycles. The van der Waals surface area contributed by atoms with Crippen molar-refractivity contribution in [3.8, 4) is 5.75 Å². The minimum atomic E-state index is -0.988. The van der Waals surface area contributed by atoms with E-state index in [1.165, 1.54) is 0 Å². The lowest BCUT2D eigenvalue weighted by Crippen LogP contribution is -2.57. The predicted molar refractivity (Wildman–Crippen MR) is 148 cm³/mol. The molecule has 12 nitrogen and oxygen atoms in total. The Hall–Kier alpha value is -3.06. The van der Waals surface area contributed by atoms with Gasteiger partial charge in [-0.05, 0) is 50.3 Å². The van der Waals surface area contributed by atoms with Gasteiger partial charge in [0.1, 0.15) is 23.4 Å². The lowest BCUT2D eigenvalue weighted by atomic mass is 9.91. The van der Waals surface area contributed by atoms with Crippen molar-refractivity contribution in [2.24, 2.45) is 5.92 Å². The van der Waals surface area contributed by atoms with E-state index in [2.05, 4.69) is 16.0 Å². The third-order valence-electron chi connectivity index (χ3n) is 7.80. The SMILES string of the molecule is COc1ccc(CC(NC(=O)C(C)NC(=O)CN2CCOCC2)C(=O)NC(CC2CCOC2)C(=O)C2(C)CO2)cc1. The number of rotatable bonds is 14. The van der Waals surface area contributed by atoms with Crippen LogP contribution in [-0.4, -0.2) is 112 Å². The fourth-order valence-electron chi connectivity index (χ4n) is 5.04. The molecule has 0 aliphatic carbocycles. The number of amides is 3. The second-order valence-corrected chi connectivity index (χ2v) is 11.2. The van der Waals surface area contributed by atoms with Crippen LogP contribution in [0.4, 0.5) is 0 Å². The zero-order chi connectivity index (χ0) is 29.4. The number of ether oxygens (including phenoxy) is 4. The van der Waals surface area contributed by atoms with Crippen LogP contribution in [0.25, 0.3) is 0 Å². The highest BCUT2D eigenvalue weighted by atomic mass is 16.6. The molecule has 0 spiro atoms. The minimum absolute atomic E-state index is 0.142. The molecule has 0 radical (unpaired) electrons. The van der Waals surface area contributed by atoms with Crippen LogP contribution in [0.3, 0.4) is 0 Å². The number of carbonyl (C=O) groups is 4. The Morgan fingerprint density at radius 3 is 2.29 bits per heavy atom. The maximum atomic E-state index is 13.7. The standard InChI is InChI=1S/C29H42N4O8/c1-19(30-25(34)16-33-9-12-39-13-10-33)27(36)32-24(14-20-4-6-22(38-3)7-5-20)28(37)31-23(15-21-8-11-40-17-21)26(35)29(2)18-41-29/h4-7,19,21,23-24H,8-18H2,1-3H3,(H,30,34)(H,31,37)(H,32,36). The van der Waals surface area contributed by atoms with Crippen LogP contribution in [0.15, 0.2) is 24.3 Å². The summed E-state index contributed by atoms with van der Waals surface area (Å²) in [5, 5.41) is 8.42. The number of nitrogens with zero attached hydrogens (tertiary/aromatic N) is 1. The van der Waals surface area contributed by atoms with Crippen LogP contribution in [-0.2, 0) is 39.8 Å². The number of Topliss-reactive ketones (excluding diaryl/α,β-unsaturated/α-hetero) is 1. The predicted octanol–water partition coefficient (Wildman–Crippen LogP) is -0.171. The lowest BCUT2D eigenvalue weighted by Gasteiger charge is -2.27. The monoisotopic (exact) mass is 574 g/mol. The summed E-state index contributed by atoms with van der Waals surface area (Å²) in [5.41, 5.74) is -0.120. The normalized spacial score (nSPS) is 24.5. The van der Waals surface area contributed by atoms with Gasteiger partial charge in [-0.25, -0.2) is 0 Å². The third-order valence-corrected chi connectivity index (χ3v) is 7.80. The number of morpholine rings is 1. The van der Waals surface area contributed by atoms with Crippen LogP contribution in [0.1, 0.15) is 32.3 Å². The Labute approximate surface area is 240 Å². The highest BCUT2D eigenvalue weighted by Gasteiger charge is 2.50. The van der Waals surface area contributed by atoms with E-state index < -0.39 is 35.5 Å². The molecule has 3 aliphatic heterocycles. The van der Waals surface area contributed by atoms with Gasteiger partial charge in [0.2, 0.25) is 17.7 Å². The summed E-state index contributed by atoms with van der Waals surface area (Å²) in [4.78, 5) is 54.6. The molecule has 3 amide bonds. The number of ketones is 1. The van der Waals surface area contributed by atoms with E-state index >= 15 is 0 Å². The molecule has 0 aromatic heterocycles. The van der Waals surface area contributed by atoms with Gasteiger partial charge in [0, 0.05) is 32.7 Å². The van der Waals surface area contributed by atoms with Crippen LogP contribution < -0.4 is 20.7 Å². The van der Waals surface area contributed by atoms with Gasteiger partial charge < -0.3 is 34.9 Å². The van der Waals surface area contributed by atoms with Gasteiger partial charge in [-0.2, -0.15) is 0 Å². The molecular formula is C29H42N4O8. The quantitative estimate of drug-likeness (QED) is 0.258. The average Bonchev–Trinajstić information content (AvgIpc) is 3.51. The molecule has 0 bridgehead atoms. The van der Waals surface area contributed by atoms with Gasteiger partial charge in [-0.15, -0.1) is 0 Å². The topological polar surface area (TPSA) is 148 Å². The molecule has 41 heavy (non-hydrogen) atoms. The molecule has 3 saturated heterocycles. The summed E-state index contributed by atoms with van der Waals surface area (Å²) in [6, 6.07) is 4.55. The number of carbonyl (C=O) groups excluding carboxylic acids is 4. The summed E-state index contributed by atoms with van der Waals surface area (Å²) < 4.78 is 21.4. The molecule has 1 aromatic rings. The Morgan fingerprint density at radius 1 is 1.00 bits per heavy atom. The number of epoxide rings is 1. The summed E-state index contributed by atoms with van der Waals surface area (Å²) in [5.74, 6) is -0.648. The average molecular weight is 575 g/mol.